The smallest absolute Gasteiger partial charge is 0.244 e. The van der Waals surface area contributed by atoms with Crippen molar-refractivity contribution in [3.05, 3.63) is 18.3 Å². The summed E-state index contributed by atoms with van der Waals surface area (Å²) in [7, 11) is -7.06. The Kier molecular flexibility index (Phi) is 5.37. The largest absolute Gasteiger partial charge is 0.309 e. The van der Waals surface area contributed by atoms with E-state index < -0.39 is 19.9 Å². The third kappa shape index (κ3) is 3.85. The van der Waals surface area contributed by atoms with E-state index in [1.54, 1.807) is 0 Å². The highest BCUT2D eigenvalue weighted by molar-refractivity contribution is 7.90. The van der Waals surface area contributed by atoms with E-state index in [2.05, 4.69) is 10.3 Å². The number of aromatic nitrogens is 1. The van der Waals surface area contributed by atoms with Crippen molar-refractivity contribution in [1.29, 1.82) is 0 Å². The van der Waals surface area contributed by atoms with Crippen LogP contribution >= 0.6 is 12.4 Å². The van der Waals surface area contributed by atoms with Crippen molar-refractivity contribution in [3.8, 4) is 0 Å². The monoisotopic (exact) mass is 381 g/mol. The van der Waals surface area contributed by atoms with Gasteiger partial charge in [-0.15, -0.1) is 12.4 Å². The topological polar surface area (TPSA) is 96.4 Å². The lowest BCUT2D eigenvalue weighted by molar-refractivity contribution is 0.190. The summed E-state index contributed by atoms with van der Waals surface area (Å²) in [4.78, 5) is 3.82. The Balaban J connectivity index is 0.00000192. The molecule has 1 N–H and O–H groups in total. The van der Waals surface area contributed by atoms with Crippen LogP contribution in [0.15, 0.2) is 28.3 Å². The summed E-state index contributed by atoms with van der Waals surface area (Å²) in [6.07, 6.45) is 5.26. The predicted molar refractivity (Wildman–Crippen MR) is 87.9 cm³/mol. The van der Waals surface area contributed by atoms with E-state index in [0.29, 0.717) is 13.1 Å². The van der Waals surface area contributed by atoms with Gasteiger partial charge in [0, 0.05) is 37.6 Å². The standard InChI is InChI=1S/C13H19N3O4S2.ClH/c1-21(17,18)13-6-5-12(7-14-13)22(19,20)16-8-10-3-2-4-11(9-16)15-10;/h5-7,10-11,15H,2-4,8-9H2,1H3;1H. The number of sulfone groups is 1. The van der Waals surface area contributed by atoms with Crippen molar-refractivity contribution in [2.45, 2.75) is 41.3 Å². The van der Waals surface area contributed by atoms with E-state index >= 15 is 0 Å². The average Bonchev–Trinajstić information content (AvgIpc) is 2.46. The van der Waals surface area contributed by atoms with E-state index in [1.807, 2.05) is 0 Å². The first-order chi connectivity index (χ1) is 10.3. The second-order valence-electron chi connectivity index (χ2n) is 5.92. The first-order valence-corrected chi connectivity index (χ1v) is 10.5. The normalized spacial score (nSPS) is 25.6. The minimum atomic E-state index is -3.63. The molecule has 1 aromatic rings. The molecule has 0 aromatic carbocycles. The number of fused-ring (bicyclic) bond motifs is 2. The SMILES string of the molecule is CS(=O)(=O)c1ccc(S(=O)(=O)N2CC3CCCC(C2)N3)cn1.Cl. The van der Waals surface area contributed by atoms with Gasteiger partial charge in [0.05, 0.1) is 0 Å². The Morgan fingerprint density at radius 3 is 2.22 bits per heavy atom. The van der Waals surface area contributed by atoms with E-state index in [4.69, 9.17) is 0 Å². The molecule has 10 heteroatoms. The third-order valence-corrected chi connectivity index (χ3v) is 6.97. The number of halogens is 1. The van der Waals surface area contributed by atoms with Crippen LogP contribution in [0.25, 0.3) is 0 Å². The fourth-order valence-corrected chi connectivity index (χ4v) is 5.08. The summed E-state index contributed by atoms with van der Waals surface area (Å²) in [5.74, 6) is 0. The number of nitrogens with zero attached hydrogens (tertiary/aromatic N) is 2. The molecular formula is C13H20ClN3O4S2. The second kappa shape index (κ2) is 6.64. The Morgan fingerprint density at radius 2 is 1.74 bits per heavy atom. The van der Waals surface area contributed by atoms with Gasteiger partial charge in [-0.3, -0.25) is 0 Å². The maximum absolute atomic E-state index is 12.7. The minimum absolute atomic E-state index is 0. The highest BCUT2D eigenvalue weighted by Crippen LogP contribution is 2.25. The van der Waals surface area contributed by atoms with Gasteiger partial charge in [-0.25, -0.2) is 21.8 Å². The molecule has 3 rings (SSSR count). The first-order valence-electron chi connectivity index (χ1n) is 7.19. The zero-order valence-corrected chi connectivity index (χ0v) is 15.1. The van der Waals surface area contributed by atoms with Crippen molar-refractivity contribution in [3.63, 3.8) is 0 Å². The lowest BCUT2D eigenvalue weighted by Gasteiger charge is -2.41. The molecule has 2 saturated heterocycles. The summed E-state index contributed by atoms with van der Waals surface area (Å²) >= 11 is 0. The fraction of sp³-hybridized carbons (Fsp3) is 0.615. The van der Waals surface area contributed by atoms with Gasteiger partial charge in [-0.2, -0.15) is 4.31 Å². The molecule has 0 saturated carbocycles. The van der Waals surface area contributed by atoms with Crippen molar-refractivity contribution >= 4 is 32.3 Å². The molecule has 2 unspecified atom stereocenters. The van der Waals surface area contributed by atoms with Crippen LogP contribution in [-0.2, 0) is 19.9 Å². The van der Waals surface area contributed by atoms with Crippen LogP contribution in [0.5, 0.6) is 0 Å². The van der Waals surface area contributed by atoms with Crippen LogP contribution in [0.4, 0.5) is 0 Å². The van der Waals surface area contributed by atoms with Crippen molar-refractivity contribution < 1.29 is 16.8 Å². The van der Waals surface area contributed by atoms with Crippen LogP contribution in [-0.4, -0.2) is 57.6 Å². The molecule has 23 heavy (non-hydrogen) atoms. The Bertz CT molecular complexity index is 753. The Labute approximate surface area is 142 Å². The Hall–Kier alpha value is -0.740. The second-order valence-corrected chi connectivity index (χ2v) is 9.82. The first kappa shape index (κ1) is 18.6. The molecule has 2 bridgehead atoms. The molecule has 2 aliphatic heterocycles. The maximum atomic E-state index is 12.7. The molecule has 0 aliphatic carbocycles. The van der Waals surface area contributed by atoms with Gasteiger partial charge >= 0.3 is 0 Å². The van der Waals surface area contributed by atoms with Gasteiger partial charge in [-0.05, 0) is 25.0 Å². The van der Waals surface area contributed by atoms with Gasteiger partial charge in [-0.1, -0.05) is 6.42 Å². The molecule has 130 valence electrons. The van der Waals surface area contributed by atoms with Crippen molar-refractivity contribution in [1.82, 2.24) is 14.6 Å². The van der Waals surface area contributed by atoms with Crippen LogP contribution in [0.3, 0.4) is 0 Å². The number of sulfonamides is 1. The maximum Gasteiger partial charge on any atom is 0.244 e. The number of piperidine rings is 1. The summed E-state index contributed by atoms with van der Waals surface area (Å²) < 4.78 is 49.7. The number of piperazine rings is 1. The lowest BCUT2D eigenvalue weighted by atomic mass is 9.96. The van der Waals surface area contributed by atoms with Crippen LogP contribution in [0.2, 0.25) is 0 Å². The van der Waals surface area contributed by atoms with Crippen molar-refractivity contribution in [2.75, 3.05) is 19.3 Å². The Morgan fingerprint density at radius 1 is 1.13 bits per heavy atom. The zero-order valence-electron chi connectivity index (χ0n) is 12.7. The summed E-state index contributed by atoms with van der Waals surface area (Å²) in [5.41, 5.74) is 0. The van der Waals surface area contributed by atoms with Gasteiger partial charge < -0.3 is 5.32 Å². The number of pyridine rings is 1. The van der Waals surface area contributed by atoms with Gasteiger partial charge in [0.15, 0.2) is 14.9 Å². The van der Waals surface area contributed by atoms with Gasteiger partial charge in [0.25, 0.3) is 0 Å². The molecule has 3 heterocycles. The van der Waals surface area contributed by atoms with Crippen LogP contribution in [0, 0.1) is 0 Å². The highest BCUT2D eigenvalue weighted by atomic mass is 35.5. The average molecular weight is 382 g/mol. The number of nitrogens with one attached hydrogen (secondary N) is 1. The molecule has 1 aromatic heterocycles. The zero-order chi connectivity index (χ0) is 16.0. The molecule has 0 spiro atoms. The van der Waals surface area contributed by atoms with E-state index in [0.717, 1.165) is 31.7 Å². The molecule has 0 radical (unpaired) electrons. The summed E-state index contributed by atoms with van der Waals surface area (Å²) in [5, 5.41) is 3.31. The summed E-state index contributed by atoms with van der Waals surface area (Å²) in [6, 6.07) is 2.96. The van der Waals surface area contributed by atoms with E-state index in [-0.39, 0.29) is 34.4 Å². The number of hydrogen-bond acceptors (Lipinski definition) is 6. The number of hydrogen-bond donors (Lipinski definition) is 1. The quantitative estimate of drug-likeness (QED) is 0.815. The van der Waals surface area contributed by atoms with Gasteiger partial charge in [0.2, 0.25) is 10.0 Å². The highest BCUT2D eigenvalue weighted by Gasteiger charge is 2.36. The molecule has 2 aliphatic rings. The minimum Gasteiger partial charge on any atom is -0.309 e. The molecular weight excluding hydrogens is 362 g/mol. The number of rotatable bonds is 3. The summed E-state index contributed by atoms with van der Waals surface area (Å²) in [6.45, 7) is 0.902. The molecule has 2 atom stereocenters. The fourth-order valence-electron chi connectivity index (χ4n) is 3.05. The molecule has 7 nitrogen and oxygen atoms in total. The van der Waals surface area contributed by atoms with E-state index in [9.17, 15) is 16.8 Å². The van der Waals surface area contributed by atoms with Gasteiger partial charge in [0.1, 0.15) is 4.90 Å². The van der Waals surface area contributed by atoms with E-state index in [1.165, 1.54) is 16.4 Å². The van der Waals surface area contributed by atoms with Crippen LogP contribution in [0.1, 0.15) is 19.3 Å². The third-order valence-electron chi connectivity index (χ3n) is 4.15. The molecule has 2 fully saturated rings. The predicted octanol–water partition coefficient (Wildman–Crippen LogP) is 0.422. The van der Waals surface area contributed by atoms with Crippen molar-refractivity contribution in [2.24, 2.45) is 0 Å². The molecule has 0 amide bonds. The van der Waals surface area contributed by atoms with Crippen LogP contribution < -0.4 is 5.32 Å². The lowest BCUT2D eigenvalue weighted by Crippen LogP contribution is -2.59.